The first kappa shape index (κ1) is 20.2. The Bertz CT molecular complexity index is 579. The Hall–Kier alpha value is -0.870. The molecule has 0 radical (unpaired) electrons. The van der Waals surface area contributed by atoms with Crippen molar-refractivity contribution in [3.63, 3.8) is 0 Å². The molecule has 0 N–H and O–H groups in total. The van der Waals surface area contributed by atoms with Gasteiger partial charge in [0.05, 0.1) is 13.2 Å². The van der Waals surface area contributed by atoms with Crippen LogP contribution in [0.3, 0.4) is 0 Å². The maximum absolute atomic E-state index is 12.8. The quantitative estimate of drug-likeness (QED) is 0.375. The summed E-state index contributed by atoms with van der Waals surface area (Å²) >= 11 is 3.40. The summed E-state index contributed by atoms with van der Waals surface area (Å²) in [6.07, 6.45) is 3.82. The van der Waals surface area contributed by atoms with Gasteiger partial charge in [0.15, 0.2) is 0 Å². The number of halogens is 1. The van der Waals surface area contributed by atoms with E-state index in [1.807, 2.05) is 50.3 Å². The zero-order chi connectivity index (χ0) is 17.3. The van der Waals surface area contributed by atoms with E-state index in [4.69, 9.17) is 13.8 Å². The molecule has 0 heterocycles. The third kappa shape index (κ3) is 6.64. The SMILES string of the molecule is CCOP(=O)(OCC)C(OC/C=C/c1ccc(Br)cc1)=C(C)C. The fourth-order valence-electron chi connectivity index (χ4n) is 1.88. The van der Waals surface area contributed by atoms with E-state index in [2.05, 4.69) is 15.9 Å². The van der Waals surface area contributed by atoms with Crippen LogP contribution in [0.4, 0.5) is 0 Å². The summed E-state index contributed by atoms with van der Waals surface area (Å²) in [6.45, 7) is 8.11. The molecule has 23 heavy (non-hydrogen) atoms. The minimum absolute atomic E-state index is 0.292. The Morgan fingerprint density at radius 1 is 1.13 bits per heavy atom. The highest BCUT2D eigenvalue weighted by molar-refractivity contribution is 9.10. The van der Waals surface area contributed by atoms with Gasteiger partial charge in [-0.15, -0.1) is 0 Å². The summed E-state index contributed by atoms with van der Waals surface area (Å²) in [5.74, 6) is 0. The lowest BCUT2D eigenvalue weighted by Gasteiger charge is -2.21. The summed E-state index contributed by atoms with van der Waals surface area (Å²) in [5, 5.41) is 0. The van der Waals surface area contributed by atoms with Crippen molar-refractivity contribution >= 4 is 29.6 Å². The van der Waals surface area contributed by atoms with Gasteiger partial charge in [-0.05, 0) is 57.0 Å². The monoisotopic (exact) mass is 402 g/mol. The van der Waals surface area contributed by atoms with Gasteiger partial charge in [0.2, 0.25) is 5.50 Å². The third-order valence-electron chi connectivity index (χ3n) is 2.77. The van der Waals surface area contributed by atoms with Gasteiger partial charge in [0.25, 0.3) is 0 Å². The van der Waals surface area contributed by atoms with Crippen LogP contribution >= 0.6 is 23.5 Å². The molecule has 6 heteroatoms. The molecule has 0 atom stereocenters. The van der Waals surface area contributed by atoms with Gasteiger partial charge in [0.1, 0.15) is 6.61 Å². The van der Waals surface area contributed by atoms with E-state index >= 15 is 0 Å². The normalized spacial score (nSPS) is 11.7. The Labute approximate surface area is 147 Å². The zero-order valence-electron chi connectivity index (χ0n) is 14.0. The standard InChI is InChI=1S/C17H24BrO4P/c1-5-21-23(19,22-6-2)17(14(3)4)20-13-7-8-15-9-11-16(18)12-10-15/h7-12H,5-6,13H2,1-4H3/b8-7+. The largest absolute Gasteiger partial charge is 0.482 e. The molecule has 1 aromatic rings. The highest BCUT2D eigenvalue weighted by atomic mass is 79.9. The maximum atomic E-state index is 12.8. The second-order valence-electron chi connectivity index (χ2n) is 4.90. The second kappa shape index (κ2) is 10.1. The molecule has 0 spiro atoms. The van der Waals surface area contributed by atoms with Crippen molar-refractivity contribution in [1.29, 1.82) is 0 Å². The van der Waals surface area contributed by atoms with Gasteiger partial charge in [-0.2, -0.15) is 0 Å². The van der Waals surface area contributed by atoms with Gasteiger partial charge >= 0.3 is 7.60 Å². The summed E-state index contributed by atoms with van der Waals surface area (Å²) < 4.78 is 30.2. The van der Waals surface area contributed by atoms with E-state index in [9.17, 15) is 4.57 Å². The first-order valence-electron chi connectivity index (χ1n) is 7.55. The number of benzene rings is 1. The number of hydrogen-bond acceptors (Lipinski definition) is 4. The average Bonchev–Trinajstić information content (AvgIpc) is 2.49. The van der Waals surface area contributed by atoms with Gasteiger partial charge in [-0.3, -0.25) is 4.57 Å². The summed E-state index contributed by atoms with van der Waals surface area (Å²) in [6, 6.07) is 7.93. The minimum Gasteiger partial charge on any atom is -0.482 e. The van der Waals surface area contributed by atoms with Crippen LogP contribution in [0.25, 0.3) is 6.08 Å². The van der Waals surface area contributed by atoms with Crippen molar-refractivity contribution in [3.05, 3.63) is 51.5 Å². The lowest BCUT2D eigenvalue weighted by Crippen LogP contribution is -2.04. The summed E-state index contributed by atoms with van der Waals surface area (Å²) in [4.78, 5) is 0. The molecule has 0 aliphatic heterocycles. The highest BCUT2D eigenvalue weighted by Gasteiger charge is 2.32. The molecule has 0 bridgehead atoms. The number of allylic oxidation sites excluding steroid dienone is 1. The molecule has 4 nitrogen and oxygen atoms in total. The maximum Gasteiger partial charge on any atom is 0.395 e. The molecule has 0 saturated carbocycles. The van der Waals surface area contributed by atoms with E-state index in [1.54, 1.807) is 13.8 Å². The van der Waals surface area contributed by atoms with Crippen LogP contribution in [-0.4, -0.2) is 19.8 Å². The molecule has 0 amide bonds. The summed E-state index contributed by atoms with van der Waals surface area (Å²) in [7, 11) is -3.39. The molecule has 1 aromatic carbocycles. The van der Waals surface area contributed by atoms with Crippen LogP contribution in [0.1, 0.15) is 33.3 Å². The lowest BCUT2D eigenvalue weighted by molar-refractivity contribution is 0.188. The molecule has 0 unspecified atom stereocenters. The van der Waals surface area contributed by atoms with Crippen LogP contribution in [0.15, 0.2) is 45.9 Å². The topological polar surface area (TPSA) is 44.8 Å². The predicted molar refractivity (Wildman–Crippen MR) is 98.4 cm³/mol. The zero-order valence-corrected chi connectivity index (χ0v) is 16.5. The van der Waals surface area contributed by atoms with Crippen molar-refractivity contribution in [2.75, 3.05) is 19.8 Å². The first-order chi connectivity index (χ1) is 10.9. The van der Waals surface area contributed by atoms with Gasteiger partial charge in [-0.1, -0.05) is 34.1 Å². The Morgan fingerprint density at radius 2 is 1.70 bits per heavy atom. The van der Waals surface area contributed by atoms with Gasteiger partial charge < -0.3 is 13.8 Å². The van der Waals surface area contributed by atoms with Crippen molar-refractivity contribution in [2.45, 2.75) is 27.7 Å². The molecule has 0 aromatic heterocycles. The fraction of sp³-hybridized carbons (Fsp3) is 0.412. The number of rotatable bonds is 9. The molecule has 128 valence electrons. The van der Waals surface area contributed by atoms with Crippen molar-refractivity contribution in [1.82, 2.24) is 0 Å². The molecule has 0 aliphatic carbocycles. The van der Waals surface area contributed by atoms with Crippen LogP contribution in [0.5, 0.6) is 0 Å². The van der Waals surface area contributed by atoms with Crippen molar-refractivity contribution in [2.24, 2.45) is 0 Å². The average molecular weight is 403 g/mol. The molecular weight excluding hydrogens is 379 g/mol. The smallest absolute Gasteiger partial charge is 0.395 e. The van der Waals surface area contributed by atoms with Gasteiger partial charge in [0, 0.05) is 4.47 Å². The van der Waals surface area contributed by atoms with E-state index in [1.165, 1.54) is 0 Å². The lowest BCUT2D eigenvalue weighted by atomic mass is 10.2. The van der Waals surface area contributed by atoms with Crippen molar-refractivity contribution in [3.8, 4) is 0 Å². The predicted octanol–water partition coefficient (Wildman–Crippen LogP) is 6.00. The van der Waals surface area contributed by atoms with Gasteiger partial charge in [-0.25, -0.2) is 0 Å². The Kier molecular flexibility index (Phi) is 8.85. The van der Waals surface area contributed by atoms with Crippen LogP contribution in [0, 0.1) is 0 Å². The number of ether oxygens (including phenoxy) is 1. The molecule has 1 rings (SSSR count). The Balaban J connectivity index is 2.76. The van der Waals surface area contributed by atoms with E-state index in [0.717, 1.165) is 15.6 Å². The number of hydrogen-bond donors (Lipinski definition) is 0. The fourth-order valence-corrected chi connectivity index (χ4v) is 3.91. The van der Waals surface area contributed by atoms with Crippen LogP contribution in [-0.2, 0) is 18.3 Å². The second-order valence-corrected chi connectivity index (χ2v) is 7.74. The van der Waals surface area contributed by atoms with E-state index < -0.39 is 7.60 Å². The third-order valence-corrected chi connectivity index (χ3v) is 5.57. The van der Waals surface area contributed by atoms with E-state index in [0.29, 0.717) is 25.3 Å². The summed E-state index contributed by atoms with van der Waals surface area (Å²) in [5.41, 5.74) is 2.14. The van der Waals surface area contributed by atoms with Crippen LogP contribution < -0.4 is 0 Å². The minimum atomic E-state index is -3.39. The molecule has 0 fully saturated rings. The molecule has 0 aliphatic rings. The van der Waals surface area contributed by atoms with Crippen LogP contribution in [0.2, 0.25) is 0 Å². The highest BCUT2D eigenvalue weighted by Crippen LogP contribution is 2.57. The van der Waals surface area contributed by atoms with Crippen molar-refractivity contribution < 1.29 is 18.3 Å². The molecule has 0 saturated heterocycles. The molecular formula is C17H24BrO4P. The Morgan fingerprint density at radius 3 is 2.17 bits per heavy atom. The first-order valence-corrected chi connectivity index (χ1v) is 9.88. The van der Waals surface area contributed by atoms with E-state index in [-0.39, 0.29) is 0 Å².